The molecule has 2 aromatic rings. The largest absolute Gasteiger partial charge is 0.355 e. The molecule has 0 unspecified atom stereocenters. The Morgan fingerprint density at radius 1 is 1.32 bits per heavy atom. The maximum Gasteiger partial charge on any atom is 0.253 e. The van der Waals surface area contributed by atoms with Gasteiger partial charge in [0, 0.05) is 24.5 Å². The third kappa shape index (κ3) is 4.19. The Morgan fingerprint density at radius 3 is 2.73 bits per heavy atom. The van der Waals surface area contributed by atoms with Gasteiger partial charge in [-0.1, -0.05) is 17.7 Å². The van der Waals surface area contributed by atoms with Crippen molar-refractivity contribution in [2.75, 3.05) is 11.8 Å². The van der Waals surface area contributed by atoms with Crippen LogP contribution >= 0.6 is 11.6 Å². The number of hydrogen-bond acceptors (Lipinski definition) is 4. The van der Waals surface area contributed by atoms with E-state index in [2.05, 4.69) is 15.0 Å². The van der Waals surface area contributed by atoms with E-state index in [-0.39, 0.29) is 17.0 Å². The molecule has 1 aromatic carbocycles. The first-order valence-electron chi connectivity index (χ1n) is 6.32. The Balaban J connectivity index is 2.28. The average molecular weight is 340 g/mol. The van der Waals surface area contributed by atoms with Crippen molar-refractivity contribution in [3.05, 3.63) is 58.9 Å². The lowest BCUT2D eigenvalue weighted by Crippen LogP contribution is -2.22. The number of nitrogens with one attached hydrogen (secondary N) is 2. The van der Waals surface area contributed by atoms with Crippen LogP contribution in [-0.2, 0) is 15.8 Å². The summed E-state index contributed by atoms with van der Waals surface area (Å²) in [5, 5.41) is 2.78. The smallest absolute Gasteiger partial charge is 0.253 e. The van der Waals surface area contributed by atoms with Gasteiger partial charge in [0.05, 0.1) is 17.0 Å². The van der Waals surface area contributed by atoms with Gasteiger partial charge in [-0.05, 0) is 29.8 Å². The normalized spacial score (nSPS) is 11.0. The molecule has 0 aliphatic heterocycles. The van der Waals surface area contributed by atoms with Crippen LogP contribution in [0.5, 0.6) is 0 Å². The van der Waals surface area contributed by atoms with Gasteiger partial charge in [-0.2, -0.15) is 0 Å². The minimum absolute atomic E-state index is 0.157. The number of rotatable bonds is 5. The molecular weight excluding hydrogens is 326 g/mol. The van der Waals surface area contributed by atoms with Crippen LogP contribution in [0.2, 0.25) is 5.02 Å². The standard InChI is InChI=1S/C14H14ClN3O3S/c1-16-14(19)12-7-11(15)4-5-13(12)18-22(20,21)9-10-3-2-6-17-8-10/h2-8,18H,9H2,1H3,(H,16,19). The zero-order valence-electron chi connectivity index (χ0n) is 11.7. The Kier molecular flexibility index (Phi) is 4.99. The fourth-order valence-corrected chi connectivity index (χ4v) is 3.20. The molecule has 0 saturated carbocycles. The van der Waals surface area contributed by atoms with E-state index in [4.69, 9.17) is 11.6 Å². The molecule has 0 aliphatic rings. The summed E-state index contributed by atoms with van der Waals surface area (Å²) < 4.78 is 26.8. The van der Waals surface area contributed by atoms with Gasteiger partial charge in [0.15, 0.2) is 0 Å². The summed E-state index contributed by atoms with van der Waals surface area (Å²) in [5.41, 5.74) is 0.878. The molecule has 1 heterocycles. The molecule has 0 fully saturated rings. The SMILES string of the molecule is CNC(=O)c1cc(Cl)ccc1NS(=O)(=O)Cc1cccnc1. The van der Waals surface area contributed by atoms with Crippen LogP contribution in [0.3, 0.4) is 0 Å². The van der Waals surface area contributed by atoms with Gasteiger partial charge in [0.1, 0.15) is 0 Å². The first-order chi connectivity index (χ1) is 10.4. The number of benzene rings is 1. The Hall–Kier alpha value is -2.12. The van der Waals surface area contributed by atoms with Gasteiger partial charge in [-0.25, -0.2) is 8.42 Å². The Labute approximate surface area is 133 Å². The second-order valence-corrected chi connectivity index (χ2v) is 6.65. The average Bonchev–Trinajstić information content (AvgIpc) is 2.48. The number of nitrogens with zero attached hydrogens (tertiary/aromatic N) is 1. The Morgan fingerprint density at radius 2 is 2.09 bits per heavy atom. The van der Waals surface area contributed by atoms with Gasteiger partial charge in [-0.15, -0.1) is 0 Å². The molecule has 6 nitrogen and oxygen atoms in total. The van der Waals surface area contributed by atoms with Crippen LogP contribution in [-0.4, -0.2) is 26.4 Å². The third-order valence-corrected chi connectivity index (χ3v) is 4.28. The van der Waals surface area contributed by atoms with Crippen molar-refractivity contribution in [1.82, 2.24) is 10.3 Å². The van der Waals surface area contributed by atoms with Crippen LogP contribution in [0.15, 0.2) is 42.7 Å². The van der Waals surface area contributed by atoms with Crippen LogP contribution in [0.4, 0.5) is 5.69 Å². The van der Waals surface area contributed by atoms with Crippen molar-refractivity contribution in [3.8, 4) is 0 Å². The second-order valence-electron chi connectivity index (χ2n) is 4.49. The molecule has 22 heavy (non-hydrogen) atoms. The van der Waals surface area contributed by atoms with Gasteiger partial charge >= 0.3 is 0 Å². The molecule has 0 atom stereocenters. The number of carbonyl (C=O) groups excluding carboxylic acids is 1. The fourth-order valence-electron chi connectivity index (χ4n) is 1.83. The highest BCUT2D eigenvalue weighted by Crippen LogP contribution is 2.22. The first-order valence-corrected chi connectivity index (χ1v) is 8.35. The summed E-state index contributed by atoms with van der Waals surface area (Å²) >= 11 is 5.85. The van der Waals surface area contributed by atoms with Crippen molar-refractivity contribution >= 4 is 33.2 Å². The number of amides is 1. The monoisotopic (exact) mass is 339 g/mol. The topological polar surface area (TPSA) is 88.2 Å². The molecule has 0 bridgehead atoms. The van der Waals surface area contributed by atoms with Crippen molar-refractivity contribution < 1.29 is 13.2 Å². The van der Waals surface area contributed by atoms with Crippen LogP contribution in [0, 0.1) is 0 Å². The molecule has 1 aromatic heterocycles. The third-order valence-electron chi connectivity index (χ3n) is 2.80. The van der Waals surface area contributed by atoms with E-state index in [9.17, 15) is 13.2 Å². The highest BCUT2D eigenvalue weighted by atomic mass is 35.5. The highest BCUT2D eigenvalue weighted by molar-refractivity contribution is 7.91. The first kappa shape index (κ1) is 16.3. The van der Waals surface area contributed by atoms with E-state index in [1.807, 2.05) is 0 Å². The minimum Gasteiger partial charge on any atom is -0.355 e. The number of anilines is 1. The fraction of sp³-hybridized carbons (Fsp3) is 0.143. The number of halogens is 1. The number of sulfonamides is 1. The highest BCUT2D eigenvalue weighted by Gasteiger charge is 2.17. The maximum absolute atomic E-state index is 12.2. The Bertz CT molecular complexity index is 779. The summed E-state index contributed by atoms with van der Waals surface area (Å²) in [6.45, 7) is 0. The molecule has 0 spiro atoms. The summed E-state index contributed by atoms with van der Waals surface area (Å²) in [5.74, 6) is -0.669. The van der Waals surface area contributed by atoms with Gasteiger partial charge in [-0.3, -0.25) is 14.5 Å². The van der Waals surface area contributed by atoms with Crippen molar-refractivity contribution in [2.45, 2.75) is 5.75 Å². The minimum atomic E-state index is -3.68. The van der Waals surface area contributed by atoms with Crippen LogP contribution in [0.1, 0.15) is 15.9 Å². The number of carbonyl (C=O) groups is 1. The number of hydrogen-bond donors (Lipinski definition) is 2. The van der Waals surface area contributed by atoms with E-state index in [0.29, 0.717) is 10.6 Å². The molecule has 1 amide bonds. The number of aromatic nitrogens is 1. The second kappa shape index (κ2) is 6.76. The summed E-state index contributed by atoms with van der Waals surface area (Å²) in [7, 11) is -2.22. The van der Waals surface area contributed by atoms with Crippen LogP contribution in [0.25, 0.3) is 0 Å². The molecular formula is C14H14ClN3O3S. The van der Waals surface area contributed by atoms with Crippen molar-refractivity contribution in [3.63, 3.8) is 0 Å². The van der Waals surface area contributed by atoms with E-state index in [1.165, 1.54) is 31.4 Å². The van der Waals surface area contributed by atoms with Gasteiger partial charge < -0.3 is 5.32 Å². The number of pyridine rings is 1. The molecule has 0 saturated heterocycles. The van der Waals surface area contributed by atoms with Gasteiger partial charge in [0.25, 0.3) is 5.91 Å². The zero-order chi connectivity index (χ0) is 16.2. The molecule has 116 valence electrons. The zero-order valence-corrected chi connectivity index (χ0v) is 13.3. The molecule has 2 rings (SSSR count). The predicted octanol–water partition coefficient (Wildman–Crippen LogP) is 2.04. The quantitative estimate of drug-likeness (QED) is 0.872. The molecule has 2 N–H and O–H groups in total. The van der Waals surface area contributed by atoms with Crippen molar-refractivity contribution in [2.24, 2.45) is 0 Å². The predicted molar refractivity (Wildman–Crippen MR) is 85.3 cm³/mol. The lowest BCUT2D eigenvalue weighted by Gasteiger charge is -2.12. The summed E-state index contributed by atoms with van der Waals surface area (Å²) in [6.07, 6.45) is 3.03. The molecule has 8 heteroatoms. The lowest BCUT2D eigenvalue weighted by atomic mass is 10.2. The maximum atomic E-state index is 12.2. The molecule has 0 radical (unpaired) electrons. The summed E-state index contributed by atoms with van der Waals surface area (Å²) in [4.78, 5) is 15.7. The van der Waals surface area contributed by atoms with Gasteiger partial charge in [0.2, 0.25) is 10.0 Å². The van der Waals surface area contributed by atoms with Crippen molar-refractivity contribution in [1.29, 1.82) is 0 Å². The summed E-state index contributed by atoms with van der Waals surface area (Å²) in [6, 6.07) is 7.68. The molecule has 0 aliphatic carbocycles. The van der Waals surface area contributed by atoms with E-state index < -0.39 is 15.9 Å². The lowest BCUT2D eigenvalue weighted by molar-refractivity contribution is 0.0964. The van der Waals surface area contributed by atoms with E-state index in [1.54, 1.807) is 18.3 Å². The van der Waals surface area contributed by atoms with E-state index >= 15 is 0 Å². The van der Waals surface area contributed by atoms with E-state index in [0.717, 1.165) is 0 Å². The van der Waals surface area contributed by atoms with Crippen LogP contribution < -0.4 is 10.0 Å².